The summed E-state index contributed by atoms with van der Waals surface area (Å²) in [5, 5.41) is 3.57. The highest BCUT2D eigenvalue weighted by Crippen LogP contribution is 2.29. The molecule has 0 bridgehead atoms. The second-order valence-corrected chi connectivity index (χ2v) is 5.74. The summed E-state index contributed by atoms with van der Waals surface area (Å²) in [6, 6.07) is 10.2. The number of hydrogen-bond acceptors (Lipinski definition) is 6. The Morgan fingerprint density at radius 3 is 2.48 bits per heavy atom. The van der Waals surface area contributed by atoms with Crippen LogP contribution in [0.1, 0.15) is 22.3 Å². The molecule has 0 aromatic heterocycles. The van der Waals surface area contributed by atoms with Gasteiger partial charge in [-0.2, -0.15) is 0 Å². The van der Waals surface area contributed by atoms with Gasteiger partial charge in [-0.05, 0) is 42.3 Å². The molecule has 0 radical (unpaired) electrons. The predicted molar refractivity (Wildman–Crippen MR) is 97.3 cm³/mol. The van der Waals surface area contributed by atoms with Gasteiger partial charge < -0.3 is 20.5 Å². The first kappa shape index (κ1) is 18.6. The van der Waals surface area contributed by atoms with E-state index in [1.165, 1.54) is 14.2 Å². The molecule has 2 aromatic carbocycles. The molecular formula is C18H19ClN2O4. The third-order valence-electron chi connectivity index (χ3n) is 3.62. The molecule has 0 unspecified atom stereocenters. The fraction of sp³-hybridized carbons (Fsp3) is 0.222. The van der Waals surface area contributed by atoms with E-state index in [4.69, 9.17) is 22.1 Å². The molecule has 2 rings (SSSR count). The lowest BCUT2D eigenvalue weighted by atomic mass is 10.1. The van der Waals surface area contributed by atoms with Crippen molar-refractivity contribution in [2.75, 3.05) is 25.3 Å². The average Bonchev–Trinajstić information content (AvgIpc) is 2.61. The van der Waals surface area contributed by atoms with Crippen molar-refractivity contribution in [3.63, 3.8) is 0 Å². The highest BCUT2D eigenvalue weighted by Gasteiger charge is 2.13. The number of anilines is 3. The smallest absolute Gasteiger partial charge is 0.339 e. The minimum Gasteiger partial charge on any atom is -0.469 e. The van der Waals surface area contributed by atoms with Gasteiger partial charge in [0.2, 0.25) is 0 Å². The number of nitrogens with two attached hydrogens (primary N) is 1. The molecule has 3 N–H and O–H groups in total. The fourth-order valence-electron chi connectivity index (χ4n) is 2.28. The van der Waals surface area contributed by atoms with Crippen molar-refractivity contribution >= 4 is 40.6 Å². The SMILES string of the molecule is COC(=O)CCc1ccc(Nc2cc(Cl)ccc2C(=O)OC)c(N)c1. The Morgan fingerprint density at radius 2 is 1.84 bits per heavy atom. The molecule has 6 nitrogen and oxygen atoms in total. The van der Waals surface area contributed by atoms with E-state index in [-0.39, 0.29) is 12.4 Å². The van der Waals surface area contributed by atoms with Gasteiger partial charge in [-0.25, -0.2) is 4.79 Å². The van der Waals surface area contributed by atoms with Crippen LogP contribution in [0.4, 0.5) is 17.1 Å². The van der Waals surface area contributed by atoms with E-state index in [1.54, 1.807) is 30.3 Å². The summed E-state index contributed by atoms with van der Waals surface area (Å²) < 4.78 is 9.40. The first-order chi connectivity index (χ1) is 11.9. The van der Waals surface area contributed by atoms with E-state index >= 15 is 0 Å². The normalized spacial score (nSPS) is 10.2. The number of rotatable bonds is 6. The molecule has 132 valence electrons. The number of carbonyl (C=O) groups is 2. The van der Waals surface area contributed by atoms with Gasteiger partial charge in [-0.3, -0.25) is 4.79 Å². The first-order valence-electron chi connectivity index (χ1n) is 7.54. The van der Waals surface area contributed by atoms with Gasteiger partial charge in [-0.1, -0.05) is 17.7 Å². The highest BCUT2D eigenvalue weighted by molar-refractivity contribution is 6.31. The number of benzene rings is 2. The van der Waals surface area contributed by atoms with Crippen LogP contribution < -0.4 is 11.1 Å². The van der Waals surface area contributed by atoms with Gasteiger partial charge >= 0.3 is 11.9 Å². The molecular weight excluding hydrogens is 344 g/mol. The Bertz CT molecular complexity index is 793. The molecule has 0 saturated heterocycles. The molecule has 0 aliphatic heterocycles. The van der Waals surface area contributed by atoms with E-state index in [2.05, 4.69) is 10.1 Å². The highest BCUT2D eigenvalue weighted by atomic mass is 35.5. The van der Waals surface area contributed by atoms with E-state index in [1.807, 2.05) is 6.07 Å². The molecule has 7 heteroatoms. The van der Waals surface area contributed by atoms with Gasteiger partial charge in [0.05, 0.1) is 36.8 Å². The van der Waals surface area contributed by atoms with Crippen LogP contribution >= 0.6 is 11.6 Å². The summed E-state index contributed by atoms with van der Waals surface area (Å²) in [6.45, 7) is 0. The fourth-order valence-corrected chi connectivity index (χ4v) is 2.46. The Morgan fingerprint density at radius 1 is 1.08 bits per heavy atom. The summed E-state index contributed by atoms with van der Waals surface area (Å²) in [6.07, 6.45) is 0.811. The summed E-state index contributed by atoms with van der Waals surface area (Å²) in [7, 11) is 2.67. The Balaban J connectivity index is 2.22. The molecule has 0 fully saturated rings. The van der Waals surface area contributed by atoms with Crippen LogP contribution in [0.5, 0.6) is 0 Å². The van der Waals surface area contributed by atoms with Gasteiger partial charge in [-0.15, -0.1) is 0 Å². The number of aryl methyl sites for hydroxylation is 1. The van der Waals surface area contributed by atoms with Crippen LogP contribution in [0.25, 0.3) is 0 Å². The van der Waals surface area contributed by atoms with Crippen LogP contribution in [-0.2, 0) is 20.7 Å². The zero-order valence-electron chi connectivity index (χ0n) is 14.0. The molecule has 0 saturated carbocycles. The van der Waals surface area contributed by atoms with E-state index < -0.39 is 5.97 Å². The topological polar surface area (TPSA) is 90.6 Å². The minimum atomic E-state index is -0.479. The van der Waals surface area contributed by atoms with Gasteiger partial charge in [0.25, 0.3) is 0 Å². The van der Waals surface area contributed by atoms with E-state index in [9.17, 15) is 9.59 Å². The summed E-state index contributed by atoms with van der Waals surface area (Å²) in [4.78, 5) is 23.1. The molecule has 25 heavy (non-hydrogen) atoms. The summed E-state index contributed by atoms with van der Waals surface area (Å²) in [5.41, 5.74) is 8.93. The molecule has 0 aliphatic carbocycles. The summed E-state index contributed by atoms with van der Waals surface area (Å²) >= 11 is 6.01. The lowest BCUT2D eigenvalue weighted by molar-refractivity contribution is -0.140. The number of carbonyl (C=O) groups excluding carboxylic acids is 2. The van der Waals surface area contributed by atoms with Crippen molar-refractivity contribution in [1.29, 1.82) is 0 Å². The van der Waals surface area contributed by atoms with Gasteiger partial charge in [0, 0.05) is 11.4 Å². The number of esters is 2. The van der Waals surface area contributed by atoms with E-state index in [0.717, 1.165) is 5.56 Å². The second kappa shape index (κ2) is 8.39. The largest absolute Gasteiger partial charge is 0.469 e. The lowest BCUT2D eigenvalue weighted by Crippen LogP contribution is -2.07. The van der Waals surface area contributed by atoms with Crippen LogP contribution in [0.2, 0.25) is 5.02 Å². The molecule has 0 spiro atoms. The van der Waals surface area contributed by atoms with Crippen molar-refractivity contribution < 1.29 is 19.1 Å². The first-order valence-corrected chi connectivity index (χ1v) is 7.92. The molecule has 0 aliphatic rings. The predicted octanol–water partition coefficient (Wildman–Crippen LogP) is 3.56. The number of nitrogen functional groups attached to an aromatic ring is 1. The van der Waals surface area contributed by atoms with Crippen LogP contribution in [0, 0.1) is 0 Å². The van der Waals surface area contributed by atoms with Crippen molar-refractivity contribution in [2.45, 2.75) is 12.8 Å². The maximum absolute atomic E-state index is 11.9. The van der Waals surface area contributed by atoms with Crippen molar-refractivity contribution in [2.24, 2.45) is 0 Å². The maximum atomic E-state index is 11.9. The van der Waals surface area contributed by atoms with Crippen LogP contribution in [0.3, 0.4) is 0 Å². The van der Waals surface area contributed by atoms with Crippen LogP contribution in [-0.4, -0.2) is 26.2 Å². The number of methoxy groups -OCH3 is 2. The standard InChI is InChI=1S/C18H19ClN2O4/c1-24-17(22)8-4-11-3-7-15(14(20)9-11)21-16-10-12(19)5-6-13(16)18(23)25-2/h3,5-7,9-10,21H,4,8,20H2,1-2H3. The second-order valence-electron chi connectivity index (χ2n) is 5.30. The zero-order valence-corrected chi connectivity index (χ0v) is 14.7. The third-order valence-corrected chi connectivity index (χ3v) is 3.85. The minimum absolute atomic E-state index is 0.276. The van der Waals surface area contributed by atoms with Crippen molar-refractivity contribution in [3.8, 4) is 0 Å². The van der Waals surface area contributed by atoms with Gasteiger partial charge in [0.15, 0.2) is 0 Å². The number of hydrogen-bond donors (Lipinski definition) is 2. The summed E-state index contributed by atoms with van der Waals surface area (Å²) in [5.74, 6) is -0.755. The Labute approximate surface area is 150 Å². The zero-order chi connectivity index (χ0) is 18.4. The molecule has 2 aromatic rings. The van der Waals surface area contributed by atoms with Crippen LogP contribution in [0.15, 0.2) is 36.4 Å². The number of ether oxygens (including phenoxy) is 2. The lowest BCUT2D eigenvalue weighted by Gasteiger charge is -2.14. The van der Waals surface area contributed by atoms with Crippen molar-refractivity contribution in [3.05, 3.63) is 52.5 Å². The average molecular weight is 363 g/mol. The number of halogens is 1. The molecule has 0 heterocycles. The number of nitrogens with one attached hydrogen (secondary N) is 1. The third kappa shape index (κ3) is 4.87. The molecule has 0 amide bonds. The Hall–Kier alpha value is -2.73. The van der Waals surface area contributed by atoms with E-state index in [0.29, 0.717) is 34.1 Å². The maximum Gasteiger partial charge on any atom is 0.339 e. The quantitative estimate of drug-likeness (QED) is 0.603. The van der Waals surface area contributed by atoms with Crippen molar-refractivity contribution in [1.82, 2.24) is 0 Å². The monoisotopic (exact) mass is 362 g/mol. The van der Waals surface area contributed by atoms with Gasteiger partial charge in [0.1, 0.15) is 0 Å². The Kier molecular flexibility index (Phi) is 6.25. The molecule has 0 atom stereocenters.